The minimum Gasteiger partial charge on any atom is -0.246 e. The highest BCUT2D eigenvalue weighted by molar-refractivity contribution is 8.13. The summed E-state index contributed by atoms with van der Waals surface area (Å²) in [5.74, 6) is 1.14. The van der Waals surface area contributed by atoms with Gasteiger partial charge in [0.25, 0.3) is 0 Å². The van der Waals surface area contributed by atoms with Gasteiger partial charge in [-0.1, -0.05) is 57.9 Å². The Bertz CT molecular complexity index is 639. The Balaban J connectivity index is 2.67. The normalized spacial score (nSPS) is 19.8. The highest BCUT2D eigenvalue weighted by Crippen LogP contribution is 2.54. The second-order valence-electron chi connectivity index (χ2n) is 7.86. The quantitative estimate of drug-likeness (QED) is 0.311. The van der Waals surface area contributed by atoms with E-state index in [2.05, 4.69) is 53.3 Å². The van der Waals surface area contributed by atoms with Gasteiger partial charge in [-0.15, -0.1) is 11.8 Å². The third-order valence-corrected chi connectivity index (χ3v) is 6.59. The van der Waals surface area contributed by atoms with Crippen LogP contribution >= 0.6 is 11.8 Å². The van der Waals surface area contributed by atoms with E-state index in [1.54, 1.807) is 0 Å². The molecular weight excluding hydrogens is 334 g/mol. The van der Waals surface area contributed by atoms with Crippen molar-refractivity contribution >= 4 is 16.8 Å². The molecule has 2 aliphatic carbocycles. The van der Waals surface area contributed by atoms with Gasteiger partial charge in [0.1, 0.15) is 0 Å². The zero-order valence-corrected chi connectivity index (χ0v) is 18.4. The fourth-order valence-corrected chi connectivity index (χ4v) is 5.36. The summed E-state index contributed by atoms with van der Waals surface area (Å²) in [6.45, 7) is 15.7. The van der Waals surface area contributed by atoms with Crippen molar-refractivity contribution < 1.29 is 0 Å². The molecule has 0 radical (unpaired) electrons. The summed E-state index contributed by atoms with van der Waals surface area (Å²) < 4.78 is 0. The van der Waals surface area contributed by atoms with Gasteiger partial charge >= 0.3 is 0 Å². The van der Waals surface area contributed by atoms with E-state index in [1.807, 2.05) is 11.8 Å². The maximum Gasteiger partial charge on any atom is 0.0751 e. The van der Waals surface area contributed by atoms with Crippen LogP contribution < -0.4 is 0 Å². The van der Waals surface area contributed by atoms with Gasteiger partial charge in [-0.2, -0.15) is 0 Å². The SMILES string of the molecule is C=C(C)C1=C(/N=C(\C)SCCC)C2=CCCC=C2CC1(CCC)CCC. The lowest BCUT2D eigenvalue weighted by Crippen LogP contribution is -2.31. The van der Waals surface area contributed by atoms with Crippen molar-refractivity contribution in [3.8, 4) is 0 Å². The monoisotopic (exact) mass is 371 g/mol. The minimum atomic E-state index is 0.213. The highest BCUT2D eigenvalue weighted by Gasteiger charge is 2.41. The van der Waals surface area contributed by atoms with E-state index in [-0.39, 0.29) is 5.41 Å². The average molecular weight is 372 g/mol. The molecule has 0 unspecified atom stereocenters. The molecule has 0 aromatic carbocycles. The number of hydrogen-bond acceptors (Lipinski definition) is 2. The second-order valence-corrected chi connectivity index (χ2v) is 9.15. The number of thioether (sulfide) groups is 1. The van der Waals surface area contributed by atoms with Crippen LogP contribution in [0.1, 0.15) is 86.0 Å². The van der Waals surface area contributed by atoms with Crippen LogP contribution in [0, 0.1) is 5.41 Å². The van der Waals surface area contributed by atoms with Crippen LogP contribution in [0.5, 0.6) is 0 Å². The molecule has 1 nitrogen and oxygen atoms in total. The summed E-state index contributed by atoms with van der Waals surface area (Å²) in [6, 6.07) is 0. The lowest BCUT2D eigenvalue weighted by molar-refractivity contribution is 0.286. The molecule has 144 valence electrons. The van der Waals surface area contributed by atoms with Gasteiger partial charge in [0.2, 0.25) is 0 Å². The largest absolute Gasteiger partial charge is 0.246 e. The molecule has 0 heterocycles. The van der Waals surface area contributed by atoms with E-state index in [1.165, 1.54) is 78.0 Å². The molecule has 2 aliphatic rings. The number of aliphatic imine (C=N–C) groups is 1. The maximum absolute atomic E-state index is 5.21. The highest BCUT2D eigenvalue weighted by atomic mass is 32.2. The van der Waals surface area contributed by atoms with Gasteiger partial charge in [-0.25, -0.2) is 4.99 Å². The van der Waals surface area contributed by atoms with E-state index in [0.29, 0.717) is 0 Å². The summed E-state index contributed by atoms with van der Waals surface area (Å²) in [5, 5.41) is 1.19. The fraction of sp³-hybridized carbons (Fsp3) is 0.625. The summed E-state index contributed by atoms with van der Waals surface area (Å²) >= 11 is 1.89. The molecule has 0 atom stereocenters. The van der Waals surface area contributed by atoms with Crippen LogP contribution in [0.2, 0.25) is 0 Å². The van der Waals surface area contributed by atoms with E-state index < -0.39 is 0 Å². The van der Waals surface area contributed by atoms with Crippen LogP contribution in [0.15, 0.2) is 51.7 Å². The topological polar surface area (TPSA) is 12.4 Å². The van der Waals surface area contributed by atoms with Gasteiger partial charge in [0.05, 0.1) is 10.7 Å². The summed E-state index contributed by atoms with van der Waals surface area (Å²) in [5.41, 5.74) is 7.04. The molecule has 0 bridgehead atoms. The molecular formula is C24H37NS. The van der Waals surface area contributed by atoms with Gasteiger partial charge in [0.15, 0.2) is 0 Å². The number of nitrogens with zero attached hydrogens (tertiary/aromatic N) is 1. The van der Waals surface area contributed by atoms with Crippen molar-refractivity contribution in [3.63, 3.8) is 0 Å². The van der Waals surface area contributed by atoms with E-state index in [0.717, 1.165) is 12.2 Å². The first kappa shape index (κ1) is 21.3. The first-order valence-corrected chi connectivity index (χ1v) is 11.5. The maximum atomic E-state index is 5.21. The molecule has 0 saturated carbocycles. The number of rotatable bonds is 8. The van der Waals surface area contributed by atoms with E-state index in [9.17, 15) is 0 Å². The Morgan fingerprint density at radius 2 is 1.73 bits per heavy atom. The van der Waals surface area contributed by atoms with Crippen LogP contribution in [0.25, 0.3) is 0 Å². The average Bonchev–Trinajstić information content (AvgIpc) is 2.60. The third kappa shape index (κ3) is 4.63. The van der Waals surface area contributed by atoms with Crippen molar-refractivity contribution in [2.24, 2.45) is 10.4 Å². The zero-order chi connectivity index (χ0) is 19.2. The lowest BCUT2D eigenvalue weighted by Gasteiger charge is -2.43. The predicted molar refractivity (Wildman–Crippen MR) is 120 cm³/mol. The molecule has 2 heteroatoms. The van der Waals surface area contributed by atoms with Crippen molar-refractivity contribution in [1.29, 1.82) is 0 Å². The molecule has 0 N–H and O–H groups in total. The Morgan fingerprint density at radius 1 is 1.08 bits per heavy atom. The molecule has 0 aliphatic heterocycles. The smallest absolute Gasteiger partial charge is 0.0751 e. The number of allylic oxidation sites excluding steroid dienone is 5. The van der Waals surface area contributed by atoms with E-state index in [4.69, 9.17) is 4.99 Å². The van der Waals surface area contributed by atoms with Crippen molar-refractivity contribution in [1.82, 2.24) is 0 Å². The van der Waals surface area contributed by atoms with Crippen molar-refractivity contribution in [3.05, 3.63) is 46.7 Å². The van der Waals surface area contributed by atoms with Gasteiger partial charge in [0, 0.05) is 5.41 Å². The molecule has 0 saturated heterocycles. The Labute approximate surface area is 165 Å². The Kier molecular flexibility index (Phi) is 8.01. The van der Waals surface area contributed by atoms with Gasteiger partial charge in [-0.05, 0) is 74.8 Å². The van der Waals surface area contributed by atoms with E-state index >= 15 is 0 Å². The lowest BCUT2D eigenvalue weighted by atomic mass is 9.61. The first-order chi connectivity index (χ1) is 12.5. The summed E-state index contributed by atoms with van der Waals surface area (Å²) in [4.78, 5) is 5.21. The molecule has 0 aromatic heterocycles. The van der Waals surface area contributed by atoms with Gasteiger partial charge in [-0.3, -0.25) is 0 Å². The Morgan fingerprint density at radius 3 is 2.31 bits per heavy atom. The van der Waals surface area contributed by atoms with Crippen molar-refractivity contribution in [2.45, 2.75) is 86.0 Å². The van der Waals surface area contributed by atoms with Crippen LogP contribution in [-0.4, -0.2) is 10.8 Å². The van der Waals surface area contributed by atoms with Crippen LogP contribution in [0.3, 0.4) is 0 Å². The standard InChI is InChI=1S/C24H37NS/c1-7-14-24(15-8-2)17-20-12-10-11-13-21(20)23(22(24)18(4)5)25-19(6)26-16-9-3/h12-13H,4,7-11,14-17H2,1-3,5-6H3/b25-19+. The predicted octanol–water partition coefficient (Wildman–Crippen LogP) is 8.02. The second kappa shape index (κ2) is 9.78. The number of hydrogen-bond donors (Lipinski definition) is 0. The molecule has 2 rings (SSSR count). The molecule has 0 spiro atoms. The minimum absolute atomic E-state index is 0.213. The fourth-order valence-electron chi connectivity index (χ4n) is 4.70. The van der Waals surface area contributed by atoms with Gasteiger partial charge < -0.3 is 0 Å². The third-order valence-electron chi connectivity index (χ3n) is 5.47. The molecule has 0 amide bonds. The molecule has 26 heavy (non-hydrogen) atoms. The summed E-state index contributed by atoms with van der Waals surface area (Å²) in [7, 11) is 0. The number of fused-ring (bicyclic) bond motifs is 1. The van der Waals surface area contributed by atoms with Crippen LogP contribution in [-0.2, 0) is 0 Å². The first-order valence-electron chi connectivity index (χ1n) is 10.5. The zero-order valence-electron chi connectivity index (χ0n) is 17.6. The molecule has 0 aromatic rings. The van der Waals surface area contributed by atoms with Crippen molar-refractivity contribution in [2.75, 3.05) is 5.75 Å². The van der Waals surface area contributed by atoms with Crippen LogP contribution in [0.4, 0.5) is 0 Å². The summed E-state index contributed by atoms with van der Waals surface area (Å²) in [6.07, 6.45) is 14.5. The molecule has 0 fully saturated rings. The Hall–Kier alpha value is -1.02.